The van der Waals surface area contributed by atoms with Gasteiger partial charge in [0.1, 0.15) is 11.6 Å². The Balaban J connectivity index is 1.51. The quantitative estimate of drug-likeness (QED) is 0.418. The van der Waals surface area contributed by atoms with Gasteiger partial charge in [-0.25, -0.2) is 9.97 Å². The highest BCUT2D eigenvalue weighted by Gasteiger charge is 2.21. The number of nitriles is 1. The van der Waals surface area contributed by atoms with Crippen LogP contribution in [0.3, 0.4) is 0 Å². The minimum atomic E-state index is -0.426. The van der Waals surface area contributed by atoms with Crippen molar-refractivity contribution in [3.05, 3.63) is 80.3 Å². The zero-order valence-corrected chi connectivity index (χ0v) is 20.3. The van der Waals surface area contributed by atoms with E-state index in [0.717, 1.165) is 36.4 Å². The molecule has 8 nitrogen and oxygen atoms in total. The van der Waals surface area contributed by atoms with Crippen LogP contribution in [0.1, 0.15) is 17.5 Å². The number of aromatic nitrogens is 3. The van der Waals surface area contributed by atoms with Crippen LogP contribution in [0.2, 0.25) is 10.0 Å². The van der Waals surface area contributed by atoms with Crippen LogP contribution in [0.25, 0.3) is 16.6 Å². The van der Waals surface area contributed by atoms with Crippen molar-refractivity contribution >= 4 is 51.4 Å². The molecule has 10 heteroatoms. The summed E-state index contributed by atoms with van der Waals surface area (Å²) >= 11 is 12.6. The monoisotopic (exact) mass is 505 g/mol. The van der Waals surface area contributed by atoms with Crippen molar-refractivity contribution in [3.63, 3.8) is 0 Å². The Kier molecular flexibility index (Phi) is 6.07. The number of aryl methyl sites for hydroxylation is 1. The van der Waals surface area contributed by atoms with E-state index in [1.807, 2.05) is 25.1 Å². The van der Waals surface area contributed by atoms with E-state index >= 15 is 0 Å². The van der Waals surface area contributed by atoms with Crippen molar-refractivity contribution in [2.75, 3.05) is 23.3 Å². The number of halogens is 2. The van der Waals surface area contributed by atoms with E-state index in [4.69, 9.17) is 28.9 Å². The maximum Gasteiger partial charge on any atom is 0.266 e. The minimum Gasteiger partial charge on any atom is -0.370 e. The van der Waals surface area contributed by atoms with E-state index in [0.29, 0.717) is 5.69 Å². The van der Waals surface area contributed by atoms with Gasteiger partial charge in [0.15, 0.2) is 0 Å². The molecule has 0 unspecified atom stereocenters. The van der Waals surface area contributed by atoms with Gasteiger partial charge in [0.05, 0.1) is 26.7 Å². The number of benzene rings is 2. The molecule has 4 aromatic rings. The average Bonchev–Trinajstić information content (AvgIpc) is 3.26. The topological polar surface area (TPSA) is 113 Å². The first-order chi connectivity index (χ1) is 16.9. The van der Waals surface area contributed by atoms with Gasteiger partial charge in [0, 0.05) is 42.9 Å². The van der Waals surface area contributed by atoms with Crippen LogP contribution in [-0.2, 0) is 0 Å². The summed E-state index contributed by atoms with van der Waals surface area (Å²) in [5.74, 6) is 0.275. The Bertz CT molecular complexity index is 1540. The molecule has 1 atom stereocenters. The van der Waals surface area contributed by atoms with E-state index in [-0.39, 0.29) is 38.5 Å². The molecule has 0 aliphatic carbocycles. The maximum atomic E-state index is 13.2. The molecule has 0 saturated carbocycles. The molecule has 5 rings (SSSR count). The maximum absolute atomic E-state index is 13.2. The fourth-order valence-electron chi connectivity index (χ4n) is 4.37. The molecule has 35 heavy (non-hydrogen) atoms. The Morgan fingerprint density at radius 2 is 2.00 bits per heavy atom. The van der Waals surface area contributed by atoms with Crippen molar-refractivity contribution in [2.45, 2.75) is 19.4 Å². The second-order valence-electron chi connectivity index (χ2n) is 8.48. The molecule has 2 aromatic carbocycles. The van der Waals surface area contributed by atoms with Crippen LogP contribution in [0.5, 0.6) is 0 Å². The summed E-state index contributed by atoms with van der Waals surface area (Å²) in [5.41, 5.74) is 9.40. The molecule has 0 bridgehead atoms. The summed E-state index contributed by atoms with van der Waals surface area (Å²) in [5, 5.41) is 13.7. The first-order valence-corrected chi connectivity index (χ1v) is 11.8. The third-order valence-corrected chi connectivity index (χ3v) is 6.68. The zero-order chi connectivity index (χ0) is 24.7. The normalized spacial score (nSPS) is 15.4. The lowest BCUT2D eigenvalue weighted by Gasteiger charge is -2.21. The summed E-state index contributed by atoms with van der Waals surface area (Å²) < 4.78 is 1.26. The largest absolute Gasteiger partial charge is 0.370 e. The van der Waals surface area contributed by atoms with E-state index in [9.17, 15) is 10.1 Å². The first kappa shape index (κ1) is 23.1. The highest BCUT2D eigenvalue weighted by atomic mass is 35.5. The number of fused-ring (bicyclic) bond motifs is 1. The zero-order valence-electron chi connectivity index (χ0n) is 18.8. The predicted molar refractivity (Wildman–Crippen MR) is 139 cm³/mol. The molecule has 1 fully saturated rings. The van der Waals surface area contributed by atoms with Crippen LogP contribution < -0.4 is 21.5 Å². The molecule has 1 saturated heterocycles. The summed E-state index contributed by atoms with van der Waals surface area (Å²) in [7, 11) is 0. The van der Waals surface area contributed by atoms with Gasteiger partial charge in [-0.2, -0.15) is 5.26 Å². The molecular formula is C25H21Cl2N7O. The van der Waals surface area contributed by atoms with Crippen LogP contribution >= 0.6 is 23.2 Å². The number of hydrogen-bond donors (Lipinski definition) is 2. The molecule has 3 N–H and O–H groups in total. The number of pyridine rings is 1. The van der Waals surface area contributed by atoms with Crippen LogP contribution in [0, 0.1) is 18.3 Å². The fraction of sp³-hybridized carbons (Fsp3) is 0.200. The molecule has 1 aliphatic rings. The lowest BCUT2D eigenvalue weighted by molar-refractivity contribution is 0.752. The van der Waals surface area contributed by atoms with Crippen LogP contribution in [-0.4, -0.2) is 33.7 Å². The third-order valence-electron chi connectivity index (χ3n) is 6.07. The van der Waals surface area contributed by atoms with Crippen molar-refractivity contribution in [3.8, 4) is 11.8 Å². The van der Waals surface area contributed by atoms with Crippen LogP contribution in [0.15, 0.2) is 53.6 Å². The number of hydrogen-bond acceptors (Lipinski definition) is 7. The van der Waals surface area contributed by atoms with Gasteiger partial charge < -0.3 is 16.0 Å². The number of rotatable bonds is 4. The molecule has 176 valence electrons. The number of anilines is 3. The van der Waals surface area contributed by atoms with E-state index in [2.05, 4.69) is 26.3 Å². The SMILES string of the molecule is Cc1cc(Nc2ncc3c(=O)n(-c4c(Cl)cccc4Cl)cc(C#N)c3n2)ccc1N1CC[C@H](N)C1. The second-order valence-corrected chi connectivity index (χ2v) is 9.29. The van der Waals surface area contributed by atoms with Gasteiger partial charge >= 0.3 is 0 Å². The number of para-hydroxylation sites is 1. The van der Waals surface area contributed by atoms with Crippen LogP contribution in [0.4, 0.5) is 17.3 Å². The molecular weight excluding hydrogens is 485 g/mol. The summed E-state index contributed by atoms with van der Waals surface area (Å²) in [6.45, 7) is 3.83. The number of nitrogens with zero attached hydrogens (tertiary/aromatic N) is 5. The number of nitrogens with one attached hydrogen (secondary N) is 1. The Hall–Kier alpha value is -3.64. The highest BCUT2D eigenvalue weighted by molar-refractivity contribution is 6.37. The van der Waals surface area contributed by atoms with Gasteiger partial charge in [-0.3, -0.25) is 9.36 Å². The third kappa shape index (κ3) is 4.30. The average molecular weight is 506 g/mol. The van der Waals surface area contributed by atoms with Crippen molar-refractivity contribution in [2.24, 2.45) is 5.73 Å². The smallest absolute Gasteiger partial charge is 0.266 e. The van der Waals surface area contributed by atoms with E-state index in [1.165, 1.54) is 17.0 Å². The summed E-state index contributed by atoms with van der Waals surface area (Å²) in [6.07, 6.45) is 3.78. The van der Waals surface area contributed by atoms with Crippen molar-refractivity contribution in [1.29, 1.82) is 5.26 Å². The predicted octanol–water partition coefficient (Wildman–Crippen LogP) is 4.55. The van der Waals surface area contributed by atoms with Crippen molar-refractivity contribution in [1.82, 2.24) is 14.5 Å². The summed E-state index contributed by atoms with van der Waals surface area (Å²) in [6, 6.07) is 13.2. The molecule has 2 aromatic heterocycles. The Labute approximate surface area is 211 Å². The molecule has 0 spiro atoms. The van der Waals surface area contributed by atoms with E-state index in [1.54, 1.807) is 18.2 Å². The van der Waals surface area contributed by atoms with Gasteiger partial charge in [-0.1, -0.05) is 29.3 Å². The lowest BCUT2D eigenvalue weighted by Crippen LogP contribution is -2.26. The summed E-state index contributed by atoms with van der Waals surface area (Å²) in [4.78, 5) is 24.3. The minimum absolute atomic E-state index is 0.183. The molecule has 1 aliphatic heterocycles. The fourth-order valence-corrected chi connectivity index (χ4v) is 4.95. The number of nitrogens with two attached hydrogens (primary N) is 1. The van der Waals surface area contributed by atoms with E-state index < -0.39 is 5.56 Å². The standard InChI is InChI=1S/C25H21Cl2N7O/c1-14-9-17(5-6-21(14)33-8-7-16(29)13-33)31-25-30-11-18-22(32-25)15(10-28)12-34(24(18)35)23-19(26)3-2-4-20(23)27/h2-6,9,11-12,16H,7-8,13,29H2,1H3,(H,30,31,32)/t16-/m0/s1. The molecule has 3 heterocycles. The second kappa shape index (κ2) is 9.19. The van der Waals surface area contributed by atoms with Crippen molar-refractivity contribution < 1.29 is 0 Å². The highest BCUT2D eigenvalue weighted by Crippen LogP contribution is 2.30. The Morgan fingerprint density at radius 3 is 2.66 bits per heavy atom. The lowest BCUT2D eigenvalue weighted by atomic mass is 10.1. The van der Waals surface area contributed by atoms with Gasteiger partial charge in [0.2, 0.25) is 5.95 Å². The van der Waals surface area contributed by atoms with Gasteiger partial charge in [0.25, 0.3) is 5.56 Å². The molecule has 0 radical (unpaired) electrons. The Morgan fingerprint density at radius 1 is 1.23 bits per heavy atom. The molecule has 0 amide bonds. The first-order valence-electron chi connectivity index (χ1n) is 11.0. The van der Waals surface area contributed by atoms with Gasteiger partial charge in [-0.15, -0.1) is 0 Å². The van der Waals surface area contributed by atoms with Gasteiger partial charge in [-0.05, 0) is 49.2 Å².